The molecule has 0 radical (unpaired) electrons. The maximum Gasteiger partial charge on any atom is 0.254 e. The third-order valence-corrected chi connectivity index (χ3v) is 2.86. The molecule has 0 spiro atoms. The summed E-state index contributed by atoms with van der Waals surface area (Å²) < 4.78 is 17.9. The van der Waals surface area contributed by atoms with Gasteiger partial charge in [-0.2, -0.15) is 0 Å². The van der Waals surface area contributed by atoms with Gasteiger partial charge in [-0.25, -0.2) is 9.37 Å². The van der Waals surface area contributed by atoms with Gasteiger partial charge in [0.15, 0.2) is 0 Å². The Morgan fingerprint density at radius 1 is 1.47 bits per heavy atom. The number of hydrogen-bond acceptors (Lipinski definition) is 3. The normalized spacial score (nSPS) is 10.7. The molecule has 100 valence electrons. The SMILES string of the molecule is COCCNC(=O)c1cc2ccc(F)cc2nc1Cl. The lowest BCUT2D eigenvalue weighted by atomic mass is 10.1. The van der Waals surface area contributed by atoms with Crippen LogP contribution in [0.5, 0.6) is 0 Å². The van der Waals surface area contributed by atoms with Crippen LogP contribution in [0, 0.1) is 5.82 Å². The van der Waals surface area contributed by atoms with E-state index in [9.17, 15) is 9.18 Å². The van der Waals surface area contributed by atoms with Crippen LogP contribution in [-0.4, -0.2) is 31.2 Å². The van der Waals surface area contributed by atoms with E-state index in [4.69, 9.17) is 16.3 Å². The van der Waals surface area contributed by atoms with E-state index in [1.54, 1.807) is 19.2 Å². The third kappa shape index (κ3) is 3.19. The number of nitrogens with one attached hydrogen (secondary N) is 1. The second-order valence-corrected chi connectivity index (χ2v) is 4.27. The first kappa shape index (κ1) is 13.7. The van der Waals surface area contributed by atoms with E-state index < -0.39 is 5.82 Å². The van der Waals surface area contributed by atoms with E-state index in [2.05, 4.69) is 10.3 Å². The fourth-order valence-corrected chi connectivity index (χ4v) is 1.87. The lowest BCUT2D eigenvalue weighted by Crippen LogP contribution is -2.27. The minimum atomic E-state index is -0.395. The zero-order chi connectivity index (χ0) is 13.8. The molecule has 0 fully saturated rings. The molecule has 4 nitrogen and oxygen atoms in total. The molecule has 0 aliphatic heterocycles. The molecular weight excluding hydrogens is 271 g/mol. The number of hydrogen-bond donors (Lipinski definition) is 1. The molecular formula is C13H12ClFN2O2. The molecule has 0 atom stereocenters. The monoisotopic (exact) mass is 282 g/mol. The lowest BCUT2D eigenvalue weighted by molar-refractivity contribution is 0.0937. The van der Waals surface area contributed by atoms with Crippen molar-refractivity contribution in [2.24, 2.45) is 0 Å². The Bertz CT molecular complexity index is 619. The van der Waals surface area contributed by atoms with Crippen LogP contribution in [0.25, 0.3) is 10.9 Å². The molecule has 6 heteroatoms. The largest absolute Gasteiger partial charge is 0.383 e. The first-order valence-corrected chi connectivity index (χ1v) is 6.02. The molecule has 0 saturated carbocycles. The van der Waals surface area contributed by atoms with Gasteiger partial charge in [-0.15, -0.1) is 0 Å². The van der Waals surface area contributed by atoms with Crippen LogP contribution in [0.4, 0.5) is 4.39 Å². The summed E-state index contributed by atoms with van der Waals surface area (Å²) in [6, 6.07) is 5.73. The highest BCUT2D eigenvalue weighted by Gasteiger charge is 2.12. The van der Waals surface area contributed by atoms with Gasteiger partial charge in [0.1, 0.15) is 11.0 Å². The van der Waals surface area contributed by atoms with Crippen molar-refractivity contribution in [3.8, 4) is 0 Å². The maximum absolute atomic E-state index is 13.1. The van der Waals surface area contributed by atoms with E-state index in [1.165, 1.54) is 12.1 Å². The van der Waals surface area contributed by atoms with Gasteiger partial charge in [-0.05, 0) is 18.2 Å². The second-order valence-electron chi connectivity index (χ2n) is 3.91. The summed E-state index contributed by atoms with van der Waals surface area (Å²) >= 11 is 5.94. The summed E-state index contributed by atoms with van der Waals surface area (Å²) in [5.41, 5.74) is 0.676. The standard InChI is InChI=1S/C13H12ClFN2O2/c1-19-5-4-16-13(18)10-6-8-2-3-9(15)7-11(8)17-12(10)14/h2-3,6-7H,4-5H2,1H3,(H,16,18). The van der Waals surface area contributed by atoms with E-state index in [-0.39, 0.29) is 16.6 Å². The van der Waals surface area contributed by atoms with Gasteiger partial charge < -0.3 is 10.1 Å². The number of pyridine rings is 1. The molecule has 1 aromatic heterocycles. The minimum Gasteiger partial charge on any atom is -0.383 e. The van der Waals surface area contributed by atoms with Crippen molar-refractivity contribution in [1.29, 1.82) is 0 Å². The molecule has 1 amide bonds. The van der Waals surface area contributed by atoms with Crippen LogP contribution in [0.2, 0.25) is 5.15 Å². The van der Waals surface area contributed by atoms with Crippen LogP contribution >= 0.6 is 11.6 Å². The Morgan fingerprint density at radius 2 is 2.26 bits per heavy atom. The van der Waals surface area contributed by atoms with E-state index in [0.717, 1.165) is 0 Å². The number of rotatable bonds is 4. The number of benzene rings is 1. The number of halogens is 2. The first-order valence-electron chi connectivity index (χ1n) is 5.65. The summed E-state index contributed by atoms with van der Waals surface area (Å²) in [4.78, 5) is 15.9. The zero-order valence-corrected chi connectivity index (χ0v) is 11.0. The molecule has 0 saturated heterocycles. The van der Waals surface area contributed by atoms with Crippen molar-refractivity contribution in [2.45, 2.75) is 0 Å². The number of amides is 1. The lowest BCUT2D eigenvalue weighted by Gasteiger charge is -2.07. The van der Waals surface area contributed by atoms with Gasteiger partial charge >= 0.3 is 0 Å². The van der Waals surface area contributed by atoms with E-state index in [1.807, 2.05) is 0 Å². The van der Waals surface area contributed by atoms with Crippen LogP contribution in [0.3, 0.4) is 0 Å². The Labute approximate surface area is 114 Å². The van der Waals surface area contributed by atoms with Crippen molar-refractivity contribution in [1.82, 2.24) is 10.3 Å². The van der Waals surface area contributed by atoms with E-state index >= 15 is 0 Å². The molecule has 1 N–H and O–H groups in total. The maximum atomic E-state index is 13.1. The molecule has 0 aliphatic carbocycles. The molecule has 19 heavy (non-hydrogen) atoms. The topological polar surface area (TPSA) is 51.2 Å². The summed E-state index contributed by atoms with van der Waals surface area (Å²) in [5.74, 6) is -0.728. The summed E-state index contributed by atoms with van der Waals surface area (Å²) in [6.07, 6.45) is 0. The van der Waals surface area contributed by atoms with Crippen molar-refractivity contribution in [3.63, 3.8) is 0 Å². The number of fused-ring (bicyclic) bond motifs is 1. The Hall–Kier alpha value is -1.72. The number of carbonyl (C=O) groups is 1. The molecule has 1 heterocycles. The van der Waals surface area contributed by atoms with Crippen molar-refractivity contribution < 1.29 is 13.9 Å². The Kier molecular flexibility index (Phi) is 4.29. The minimum absolute atomic E-state index is 0.0491. The number of nitrogens with zero attached hydrogens (tertiary/aromatic N) is 1. The Morgan fingerprint density at radius 3 is 3.00 bits per heavy atom. The summed E-state index contributed by atoms with van der Waals surface area (Å²) in [7, 11) is 1.55. The van der Waals surface area contributed by atoms with Crippen LogP contribution < -0.4 is 5.32 Å². The predicted molar refractivity (Wildman–Crippen MR) is 70.9 cm³/mol. The second kappa shape index (κ2) is 5.95. The van der Waals surface area contributed by atoms with E-state index in [0.29, 0.717) is 24.1 Å². The summed E-state index contributed by atoms with van der Waals surface area (Å²) in [5, 5.41) is 3.36. The fraction of sp³-hybridized carbons (Fsp3) is 0.231. The van der Waals surface area contributed by atoms with Crippen molar-refractivity contribution in [2.75, 3.05) is 20.3 Å². The Balaban J connectivity index is 2.30. The number of aromatic nitrogens is 1. The van der Waals surface area contributed by atoms with Crippen molar-refractivity contribution >= 4 is 28.4 Å². The van der Waals surface area contributed by atoms with Gasteiger partial charge in [0.2, 0.25) is 0 Å². The fourth-order valence-electron chi connectivity index (χ4n) is 1.64. The van der Waals surface area contributed by atoms with Crippen molar-refractivity contribution in [3.05, 3.63) is 40.8 Å². The smallest absolute Gasteiger partial charge is 0.254 e. The van der Waals surface area contributed by atoms with Gasteiger partial charge in [-0.1, -0.05) is 11.6 Å². The van der Waals surface area contributed by atoms with Gasteiger partial charge in [-0.3, -0.25) is 4.79 Å². The third-order valence-electron chi connectivity index (χ3n) is 2.57. The molecule has 2 aromatic rings. The highest BCUT2D eigenvalue weighted by Crippen LogP contribution is 2.21. The molecule has 0 aliphatic rings. The first-order chi connectivity index (χ1) is 9.11. The quantitative estimate of drug-likeness (QED) is 0.692. The van der Waals surface area contributed by atoms with Crippen LogP contribution in [0.1, 0.15) is 10.4 Å². The van der Waals surface area contributed by atoms with Gasteiger partial charge in [0, 0.05) is 25.1 Å². The number of carbonyl (C=O) groups excluding carboxylic acids is 1. The highest BCUT2D eigenvalue weighted by atomic mass is 35.5. The summed E-state index contributed by atoms with van der Waals surface area (Å²) in [6.45, 7) is 0.794. The molecule has 2 rings (SSSR count). The molecule has 0 unspecified atom stereocenters. The molecule has 0 bridgehead atoms. The van der Waals surface area contributed by atoms with Gasteiger partial charge in [0.05, 0.1) is 17.7 Å². The predicted octanol–water partition coefficient (Wildman–Crippen LogP) is 2.40. The molecule has 1 aromatic carbocycles. The number of methoxy groups -OCH3 is 1. The number of ether oxygens (including phenoxy) is 1. The average molecular weight is 283 g/mol. The highest BCUT2D eigenvalue weighted by molar-refractivity contribution is 6.33. The zero-order valence-electron chi connectivity index (χ0n) is 10.2. The van der Waals surface area contributed by atoms with Crippen LogP contribution in [-0.2, 0) is 4.74 Å². The van der Waals surface area contributed by atoms with Crippen LogP contribution in [0.15, 0.2) is 24.3 Å². The average Bonchev–Trinajstić information content (AvgIpc) is 2.38. The van der Waals surface area contributed by atoms with Gasteiger partial charge in [0.25, 0.3) is 5.91 Å².